The Bertz CT molecular complexity index is 1210. The smallest absolute Gasteiger partial charge is 0.381 e. The van der Waals surface area contributed by atoms with Gasteiger partial charge in [-0.05, 0) is 73.6 Å². The minimum Gasteiger partial charge on any atom is -0.381 e. The van der Waals surface area contributed by atoms with E-state index in [1.54, 1.807) is 12.1 Å². The van der Waals surface area contributed by atoms with Crippen molar-refractivity contribution in [3.8, 4) is 0 Å². The Labute approximate surface area is 229 Å². The molecule has 212 valence electrons. The second-order valence-corrected chi connectivity index (χ2v) is 12.6. The van der Waals surface area contributed by atoms with E-state index in [9.17, 15) is 13.2 Å². The highest BCUT2D eigenvalue weighted by molar-refractivity contribution is 5.54. The summed E-state index contributed by atoms with van der Waals surface area (Å²) in [6, 6.07) is 5.50. The quantitative estimate of drug-likeness (QED) is 0.380. The van der Waals surface area contributed by atoms with Crippen LogP contribution in [0.4, 0.5) is 13.2 Å². The van der Waals surface area contributed by atoms with Gasteiger partial charge in [-0.15, -0.1) is 0 Å². The van der Waals surface area contributed by atoms with Crippen LogP contribution in [0.1, 0.15) is 130 Å². The van der Waals surface area contributed by atoms with Gasteiger partial charge in [-0.1, -0.05) is 39.3 Å². The van der Waals surface area contributed by atoms with Gasteiger partial charge in [-0.3, -0.25) is 4.98 Å². The van der Waals surface area contributed by atoms with Crippen LogP contribution in [-0.4, -0.2) is 24.3 Å². The van der Waals surface area contributed by atoms with Crippen molar-refractivity contribution < 1.29 is 27.4 Å². The van der Waals surface area contributed by atoms with Crippen LogP contribution in [0.25, 0.3) is 0 Å². The van der Waals surface area contributed by atoms with Gasteiger partial charge in [0, 0.05) is 48.6 Å². The molecule has 1 unspecified atom stereocenters. The topological polar surface area (TPSA) is 40.6 Å². The van der Waals surface area contributed by atoms with Gasteiger partial charge in [0.2, 0.25) is 0 Å². The van der Waals surface area contributed by atoms with E-state index in [-0.39, 0.29) is 23.5 Å². The van der Waals surface area contributed by atoms with Gasteiger partial charge in [0.25, 0.3) is 0 Å². The minimum atomic E-state index is -4.38. The summed E-state index contributed by atoms with van der Waals surface area (Å²) in [6.07, 6.45) is 3.23. The van der Waals surface area contributed by atoms with Crippen LogP contribution in [0.3, 0.4) is 0 Å². The SMILES string of the molecule is CCC(C)O[C@H]1CC2(CCC2)Cc2nc(C(C)C)c3c(c21)C1(CCOCC1)O[C@@H]3c1ccc(C(F)(F)F)cc1. The average molecular weight is 544 g/mol. The summed E-state index contributed by atoms with van der Waals surface area (Å²) < 4.78 is 59.8. The lowest BCUT2D eigenvalue weighted by molar-refractivity contribution is -0.137. The summed E-state index contributed by atoms with van der Waals surface area (Å²) in [4.78, 5) is 5.38. The Morgan fingerprint density at radius 2 is 1.72 bits per heavy atom. The third kappa shape index (κ3) is 4.62. The zero-order valence-corrected chi connectivity index (χ0v) is 23.5. The highest BCUT2D eigenvalue weighted by Gasteiger charge is 2.54. The molecule has 39 heavy (non-hydrogen) atoms. The van der Waals surface area contributed by atoms with Crippen molar-refractivity contribution in [1.29, 1.82) is 0 Å². The molecule has 0 radical (unpaired) electrons. The van der Waals surface area contributed by atoms with Gasteiger partial charge in [-0.25, -0.2) is 0 Å². The number of hydrogen-bond donors (Lipinski definition) is 0. The largest absolute Gasteiger partial charge is 0.416 e. The van der Waals surface area contributed by atoms with E-state index in [1.165, 1.54) is 42.5 Å². The van der Waals surface area contributed by atoms with Crippen LogP contribution in [0.15, 0.2) is 24.3 Å². The van der Waals surface area contributed by atoms with Crippen LogP contribution in [0, 0.1) is 5.41 Å². The third-order valence-corrected chi connectivity index (χ3v) is 9.70. The van der Waals surface area contributed by atoms with Crippen molar-refractivity contribution in [1.82, 2.24) is 4.98 Å². The predicted molar refractivity (Wildman–Crippen MR) is 143 cm³/mol. The monoisotopic (exact) mass is 543 g/mol. The molecule has 3 atom stereocenters. The number of aromatic nitrogens is 1. The van der Waals surface area contributed by atoms with E-state index in [4.69, 9.17) is 19.2 Å². The van der Waals surface area contributed by atoms with Crippen molar-refractivity contribution in [3.63, 3.8) is 0 Å². The lowest BCUT2D eigenvalue weighted by Crippen LogP contribution is -2.42. The molecule has 2 aliphatic carbocycles. The molecule has 7 heteroatoms. The molecule has 1 aromatic heterocycles. The first-order valence-electron chi connectivity index (χ1n) is 14.7. The lowest BCUT2D eigenvalue weighted by atomic mass is 9.58. The molecule has 4 aliphatic rings. The van der Waals surface area contributed by atoms with Crippen LogP contribution >= 0.6 is 0 Å². The molecule has 0 N–H and O–H groups in total. The molecular weight excluding hydrogens is 503 g/mol. The summed E-state index contributed by atoms with van der Waals surface area (Å²) in [6.45, 7) is 9.79. The van der Waals surface area contributed by atoms with Crippen LogP contribution in [0.2, 0.25) is 0 Å². The van der Waals surface area contributed by atoms with Gasteiger partial charge >= 0.3 is 6.18 Å². The first-order chi connectivity index (χ1) is 18.6. The van der Waals surface area contributed by atoms with Crippen LogP contribution in [-0.2, 0) is 32.4 Å². The normalized spacial score (nSPS) is 25.9. The van der Waals surface area contributed by atoms with Crippen molar-refractivity contribution in [3.05, 3.63) is 63.5 Å². The van der Waals surface area contributed by atoms with Gasteiger partial charge in [0.15, 0.2) is 0 Å². The molecule has 2 spiro atoms. The van der Waals surface area contributed by atoms with E-state index in [0.29, 0.717) is 26.1 Å². The number of benzene rings is 1. The second kappa shape index (κ2) is 9.85. The molecule has 4 nitrogen and oxygen atoms in total. The maximum atomic E-state index is 13.4. The Balaban J connectivity index is 1.56. The first kappa shape index (κ1) is 27.2. The van der Waals surface area contributed by atoms with Crippen LogP contribution in [0.5, 0.6) is 0 Å². The molecule has 3 heterocycles. The molecule has 1 saturated heterocycles. The van der Waals surface area contributed by atoms with Gasteiger partial charge in [0.1, 0.15) is 6.10 Å². The summed E-state index contributed by atoms with van der Waals surface area (Å²) in [7, 11) is 0. The zero-order chi connectivity index (χ0) is 27.6. The second-order valence-electron chi connectivity index (χ2n) is 12.6. The number of ether oxygens (including phenoxy) is 3. The Morgan fingerprint density at radius 1 is 1.03 bits per heavy atom. The van der Waals surface area contributed by atoms with Crippen molar-refractivity contribution >= 4 is 0 Å². The highest BCUT2D eigenvalue weighted by Crippen LogP contribution is 2.61. The molecule has 2 aliphatic heterocycles. The van der Waals surface area contributed by atoms with Crippen molar-refractivity contribution in [2.45, 2.75) is 115 Å². The number of fused-ring (bicyclic) bond motifs is 4. The van der Waals surface area contributed by atoms with E-state index >= 15 is 0 Å². The van der Waals surface area contributed by atoms with E-state index in [1.807, 2.05) is 0 Å². The highest BCUT2D eigenvalue weighted by atomic mass is 19.4. The lowest BCUT2D eigenvalue weighted by Gasteiger charge is -2.49. The average Bonchev–Trinajstić information content (AvgIpc) is 3.20. The standard InChI is InChI=1S/C32H40F3NO3/c1-5-20(4)38-24-18-30(11-6-12-30)17-23-25(24)27-26(28(36-23)19(2)3)29(39-31(27)13-15-37-16-14-31)21-7-9-22(10-8-21)32(33,34)35/h7-10,19-20,24,29H,5-6,11-18H2,1-4H3/t20?,24-,29+/m0/s1. The predicted octanol–water partition coefficient (Wildman–Crippen LogP) is 8.32. The molecule has 1 aromatic carbocycles. The fraction of sp³-hybridized carbons (Fsp3) is 0.656. The molecular formula is C32H40F3NO3. The van der Waals surface area contributed by atoms with E-state index < -0.39 is 23.4 Å². The number of alkyl halides is 3. The minimum absolute atomic E-state index is 0.0545. The first-order valence-corrected chi connectivity index (χ1v) is 14.7. The fourth-order valence-electron chi connectivity index (χ4n) is 7.33. The van der Waals surface area contributed by atoms with Crippen molar-refractivity contribution in [2.24, 2.45) is 5.41 Å². The summed E-state index contributed by atoms with van der Waals surface area (Å²) in [5.74, 6) is 0.146. The van der Waals surface area contributed by atoms with Crippen LogP contribution < -0.4 is 0 Å². The molecule has 0 amide bonds. The van der Waals surface area contributed by atoms with Crippen molar-refractivity contribution in [2.75, 3.05) is 13.2 Å². The molecule has 2 aromatic rings. The molecule has 2 fully saturated rings. The number of nitrogens with zero attached hydrogens (tertiary/aromatic N) is 1. The summed E-state index contributed by atoms with van der Waals surface area (Å²) in [5.41, 5.74) is 5.40. The van der Waals surface area contributed by atoms with Gasteiger partial charge in [-0.2, -0.15) is 13.2 Å². The Morgan fingerprint density at radius 3 is 2.28 bits per heavy atom. The van der Waals surface area contributed by atoms with Gasteiger partial charge in [0.05, 0.1) is 23.4 Å². The molecule has 6 rings (SSSR count). The zero-order valence-electron chi connectivity index (χ0n) is 23.5. The number of halogens is 3. The van der Waals surface area contributed by atoms with Gasteiger partial charge < -0.3 is 14.2 Å². The number of rotatable bonds is 5. The summed E-state index contributed by atoms with van der Waals surface area (Å²) >= 11 is 0. The Hall–Kier alpha value is -1.96. The number of pyridine rings is 1. The molecule has 1 saturated carbocycles. The van der Waals surface area contributed by atoms with E-state index in [2.05, 4.69) is 27.7 Å². The third-order valence-electron chi connectivity index (χ3n) is 9.70. The Kier molecular flexibility index (Phi) is 6.87. The maximum Gasteiger partial charge on any atom is 0.416 e. The maximum absolute atomic E-state index is 13.4. The summed E-state index contributed by atoms with van der Waals surface area (Å²) in [5, 5.41) is 0. The molecule has 0 bridgehead atoms. The fourth-order valence-corrected chi connectivity index (χ4v) is 7.33. The number of hydrogen-bond acceptors (Lipinski definition) is 4. The van der Waals surface area contributed by atoms with E-state index in [0.717, 1.165) is 41.8 Å².